The summed E-state index contributed by atoms with van der Waals surface area (Å²) in [6.45, 7) is 9.81. The van der Waals surface area contributed by atoms with Gasteiger partial charge in [-0.15, -0.1) is 0 Å². The topological polar surface area (TPSA) is 26.3 Å². The third kappa shape index (κ3) is 4.45. The Morgan fingerprint density at radius 2 is 2.07 bits per heavy atom. The molecule has 1 rings (SSSR count). The number of hydrogen-bond donors (Lipinski definition) is 0. The Labute approximate surface area is 87.3 Å². The van der Waals surface area contributed by atoms with Crippen LogP contribution >= 0.6 is 0 Å². The standard InChI is InChI=1S/C10H16O2.C2H6/c1-3-4-5-6-9-7-8(2)10(11)12-9;1-2/h9H,2-7H2,1H3;1-2H3. The molecule has 0 saturated carbocycles. The Morgan fingerprint density at radius 1 is 1.43 bits per heavy atom. The Kier molecular flexibility index (Phi) is 7.17. The number of rotatable bonds is 4. The van der Waals surface area contributed by atoms with Gasteiger partial charge < -0.3 is 4.74 Å². The van der Waals surface area contributed by atoms with E-state index < -0.39 is 0 Å². The molecular formula is C12H22O2. The van der Waals surface area contributed by atoms with Crippen LogP contribution in [0.3, 0.4) is 0 Å². The average Bonchev–Trinajstić information content (AvgIpc) is 2.50. The monoisotopic (exact) mass is 198 g/mol. The molecule has 2 nitrogen and oxygen atoms in total. The SMILES string of the molecule is C=C1CC(CCCCC)OC1=O.CC. The minimum atomic E-state index is -0.198. The van der Waals surface area contributed by atoms with Crippen LogP contribution < -0.4 is 0 Å². The van der Waals surface area contributed by atoms with Gasteiger partial charge in [0.1, 0.15) is 6.10 Å². The van der Waals surface area contributed by atoms with Crippen LogP contribution in [0.2, 0.25) is 0 Å². The van der Waals surface area contributed by atoms with Crippen LogP contribution in [0.5, 0.6) is 0 Å². The first kappa shape index (κ1) is 13.2. The summed E-state index contributed by atoms with van der Waals surface area (Å²) in [5, 5.41) is 0. The second-order valence-electron chi connectivity index (χ2n) is 3.33. The molecule has 0 N–H and O–H groups in total. The van der Waals surface area contributed by atoms with E-state index in [4.69, 9.17) is 4.74 Å². The van der Waals surface area contributed by atoms with Crippen LogP contribution in [0.1, 0.15) is 52.9 Å². The highest BCUT2D eigenvalue weighted by molar-refractivity contribution is 5.89. The van der Waals surface area contributed by atoms with Gasteiger partial charge in [0, 0.05) is 12.0 Å². The highest BCUT2D eigenvalue weighted by Gasteiger charge is 2.26. The molecule has 0 spiro atoms. The number of unbranched alkanes of at least 4 members (excludes halogenated alkanes) is 2. The molecule has 0 aromatic carbocycles. The summed E-state index contributed by atoms with van der Waals surface area (Å²) in [4.78, 5) is 10.9. The highest BCUT2D eigenvalue weighted by atomic mass is 16.5. The molecule has 1 aliphatic heterocycles. The molecule has 0 aromatic heterocycles. The van der Waals surface area contributed by atoms with E-state index in [0.717, 1.165) is 19.3 Å². The fourth-order valence-electron chi connectivity index (χ4n) is 1.42. The van der Waals surface area contributed by atoms with Crippen molar-refractivity contribution in [1.29, 1.82) is 0 Å². The predicted octanol–water partition coefficient (Wildman–Crippen LogP) is 3.46. The van der Waals surface area contributed by atoms with Gasteiger partial charge in [-0.2, -0.15) is 0 Å². The summed E-state index contributed by atoms with van der Waals surface area (Å²) in [6, 6.07) is 0. The maximum atomic E-state index is 10.9. The molecule has 1 aliphatic rings. The molecule has 1 saturated heterocycles. The van der Waals surface area contributed by atoms with Crippen molar-refractivity contribution in [3.05, 3.63) is 12.2 Å². The lowest BCUT2D eigenvalue weighted by Crippen LogP contribution is -2.05. The molecule has 1 atom stereocenters. The third-order valence-corrected chi connectivity index (χ3v) is 2.17. The van der Waals surface area contributed by atoms with Crippen LogP contribution in [0.25, 0.3) is 0 Å². The van der Waals surface area contributed by atoms with E-state index in [2.05, 4.69) is 13.5 Å². The van der Waals surface area contributed by atoms with Crippen molar-refractivity contribution in [3.8, 4) is 0 Å². The van der Waals surface area contributed by atoms with Gasteiger partial charge in [0.2, 0.25) is 0 Å². The predicted molar refractivity (Wildman–Crippen MR) is 59.1 cm³/mol. The molecule has 1 heterocycles. The lowest BCUT2D eigenvalue weighted by atomic mass is 10.1. The van der Waals surface area contributed by atoms with E-state index in [1.807, 2.05) is 13.8 Å². The molecule has 0 aromatic rings. The first-order chi connectivity index (χ1) is 6.74. The summed E-state index contributed by atoms with van der Waals surface area (Å²) >= 11 is 0. The zero-order chi connectivity index (χ0) is 11.0. The second kappa shape index (κ2) is 7.60. The quantitative estimate of drug-likeness (QED) is 0.393. The molecular weight excluding hydrogens is 176 g/mol. The fourth-order valence-corrected chi connectivity index (χ4v) is 1.42. The first-order valence-electron chi connectivity index (χ1n) is 5.62. The van der Waals surface area contributed by atoms with Crippen LogP contribution in [0, 0.1) is 0 Å². The van der Waals surface area contributed by atoms with E-state index in [1.54, 1.807) is 0 Å². The lowest BCUT2D eigenvalue weighted by molar-refractivity contribution is -0.139. The molecule has 1 unspecified atom stereocenters. The van der Waals surface area contributed by atoms with Gasteiger partial charge in [0.05, 0.1) is 0 Å². The Hall–Kier alpha value is -0.790. The van der Waals surface area contributed by atoms with E-state index in [-0.39, 0.29) is 12.1 Å². The van der Waals surface area contributed by atoms with Crippen LogP contribution in [0.4, 0.5) is 0 Å². The molecule has 2 heteroatoms. The maximum Gasteiger partial charge on any atom is 0.333 e. The first-order valence-corrected chi connectivity index (χ1v) is 5.62. The molecule has 0 aliphatic carbocycles. The minimum absolute atomic E-state index is 0.122. The van der Waals surface area contributed by atoms with Crippen LogP contribution in [-0.2, 0) is 9.53 Å². The Bertz CT molecular complexity index is 169. The smallest absolute Gasteiger partial charge is 0.333 e. The largest absolute Gasteiger partial charge is 0.459 e. The van der Waals surface area contributed by atoms with Gasteiger partial charge in [-0.25, -0.2) is 4.79 Å². The molecule has 0 amide bonds. The number of cyclic esters (lactones) is 1. The van der Waals surface area contributed by atoms with Crippen molar-refractivity contribution >= 4 is 5.97 Å². The second-order valence-corrected chi connectivity index (χ2v) is 3.33. The molecule has 1 fully saturated rings. The van der Waals surface area contributed by atoms with Crippen molar-refractivity contribution in [2.45, 2.75) is 59.0 Å². The van der Waals surface area contributed by atoms with Gasteiger partial charge in [-0.3, -0.25) is 0 Å². The molecule has 14 heavy (non-hydrogen) atoms. The molecule has 82 valence electrons. The lowest BCUT2D eigenvalue weighted by Gasteiger charge is -2.06. The van der Waals surface area contributed by atoms with Gasteiger partial charge in [0.15, 0.2) is 0 Å². The summed E-state index contributed by atoms with van der Waals surface area (Å²) in [6.07, 6.45) is 5.45. The van der Waals surface area contributed by atoms with E-state index in [9.17, 15) is 4.79 Å². The normalized spacial score (nSPS) is 20.1. The van der Waals surface area contributed by atoms with Gasteiger partial charge >= 0.3 is 5.97 Å². The van der Waals surface area contributed by atoms with Gasteiger partial charge in [0.25, 0.3) is 0 Å². The van der Waals surface area contributed by atoms with Crippen molar-refractivity contribution in [3.63, 3.8) is 0 Å². The maximum absolute atomic E-state index is 10.9. The summed E-state index contributed by atoms with van der Waals surface area (Å²) in [5.41, 5.74) is 0.636. The van der Waals surface area contributed by atoms with Gasteiger partial charge in [-0.1, -0.05) is 40.2 Å². The summed E-state index contributed by atoms with van der Waals surface area (Å²) in [7, 11) is 0. The molecule has 0 bridgehead atoms. The van der Waals surface area contributed by atoms with E-state index in [0.29, 0.717) is 5.57 Å². The van der Waals surface area contributed by atoms with Gasteiger partial charge in [-0.05, 0) is 12.8 Å². The fraction of sp³-hybridized carbons (Fsp3) is 0.750. The molecule has 0 radical (unpaired) electrons. The van der Waals surface area contributed by atoms with E-state index >= 15 is 0 Å². The zero-order valence-corrected chi connectivity index (χ0v) is 9.64. The zero-order valence-electron chi connectivity index (χ0n) is 9.64. The van der Waals surface area contributed by atoms with Crippen molar-refractivity contribution < 1.29 is 9.53 Å². The number of carbonyl (C=O) groups excluding carboxylic acids is 1. The highest BCUT2D eigenvalue weighted by Crippen LogP contribution is 2.22. The average molecular weight is 198 g/mol. The Morgan fingerprint density at radius 3 is 2.50 bits per heavy atom. The third-order valence-electron chi connectivity index (χ3n) is 2.17. The summed E-state index contributed by atoms with van der Waals surface area (Å²) in [5.74, 6) is -0.198. The summed E-state index contributed by atoms with van der Waals surface area (Å²) < 4.78 is 5.08. The minimum Gasteiger partial charge on any atom is -0.459 e. The van der Waals surface area contributed by atoms with E-state index in [1.165, 1.54) is 12.8 Å². The number of carbonyl (C=O) groups is 1. The Balaban J connectivity index is 0.000000791. The number of esters is 1. The van der Waals surface area contributed by atoms with Crippen LogP contribution in [-0.4, -0.2) is 12.1 Å². The number of ether oxygens (including phenoxy) is 1. The van der Waals surface area contributed by atoms with Crippen molar-refractivity contribution in [2.75, 3.05) is 0 Å². The van der Waals surface area contributed by atoms with Crippen molar-refractivity contribution in [1.82, 2.24) is 0 Å². The number of hydrogen-bond acceptors (Lipinski definition) is 2. The van der Waals surface area contributed by atoms with Crippen LogP contribution in [0.15, 0.2) is 12.2 Å². The van der Waals surface area contributed by atoms with Crippen molar-refractivity contribution in [2.24, 2.45) is 0 Å².